The number of benzene rings is 1. The highest BCUT2D eigenvalue weighted by Crippen LogP contribution is 2.43. The van der Waals surface area contributed by atoms with E-state index in [9.17, 15) is 0 Å². The second-order valence-corrected chi connectivity index (χ2v) is 5.53. The number of hydrogen-bond donors (Lipinski definition) is 1. The van der Waals surface area contributed by atoms with Crippen LogP contribution in [0, 0.1) is 0 Å². The maximum Gasteiger partial charge on any atom is 0.223 e. The molecule has 0 bridgehead atoms. The summed E-state index contributed by atoms with van der Waals surface area (Å²) >= 11 is 12.4. The van der Waals surface area contributed by atoms with Crippen molar-refractivity contribution in [1.29, 1.82) is 0 Å². The van der Waals surface area contributed by atoms with Gasteiger partial charge in [0.1, 0.15) is 5.75 Å². The number of rotatable bonds is 2. The Morgan fingerprint density at radius 2 is 2.10 bits per heavy atom. The number of fused-ring (bicyclic) bond motifs is 1. The van der Waals surface area contributed by atoms with Crippen LogP contribution in [-0.2, 0) is 0 Å². The lowest BCUT2D eigenvalue weighted by molar-refractivity contribution is 0.275. The molecule has 2 heterocycles. The standard InChI is InChI=1S/C14H13Cl2N3O2/c1-20-12-6-10(18-14(17)19-12)8-2-3-21-11-5-7(15)4-9(16)13(8)11/h4-6,8H,2-3H2,1H3,(H2,17,18,19). The molecule has 0 saturated heterocycles. The van der Waals surface area contributed by atoms with E-state index in [0.717, 1.165) is 17.7 Å². The normalized spacial score (nSPS) is 17.0. The van der Waals surface area contributed by atoms with Gasteiger partial charge in [0.05, 0.1) is 19.4 Å². The van der Waals surface area contributed by atoms with Gasteiger partial charge in [-0.15, -0.1) is 0 Å². The number of ether oxygens (including phenoxy) is 2. The van der Waals surface area contributed by atoms with Gasteiger partial charge >= 0.3 is 0 Å². The van der Waals surface area contributed by atoms with Gasteiger partial charge in [-0.05, 0) is 18.6 Å². The molecule has 7 heteroatoms. The van der Waals surface area contributed by atoms with E-state index in [1.54, 1.807) is 18.2 Å². The van der Waals surface area contributed by atoms with Crippen LogP contribution in [-0.4, -0.2) is 23.7 Å². The maximum atomic E-state index is 6.34. The molecule has 1 unspecified atom stereocenters. The summed E-state index contributed by atoms with van der Waals surface area (Å²) in [6, 6.07) is 5.23. The molecule has 2 N–H and O–H groups in total. The molecule has 1 aliphatic heterocycles. The summed E-state index contributed by atoms with van der Waals surface area (Å²) in [7, 11) is 1.54. The van der Waals surface area contributed by atoms with Crippen LogP contribution in [0.15, 0.2) is 18.2 Å². The van der Waals surface area contributed by atoms with E-state index in [4.69, 9.17) is 38.4 Å². The lowest BCUT2D eigenvalue weighted by Crippen LogP contribution is -2.17. The maximum absolute atomic E-state index is 6.34. The Kier molecular flexibility index (Phi) is 3.78. The minimum absolute atomic E-state index is 0.0299. The highest BCUT2D eigenvalue weighted by Gasteiger charge is 2.28. The monoisotopic (exact) mass is 325 g/mol. The van der Waals surface area contributed by atoms with E-state index >= 15 is 0 Å². The average Bonchev–Trinajstić information content (AvgIpc) is 2.45. The highest BCUT2D eigenvalue weighted by atomic mass is 35.5. The van der Waals surface area contributed by atoms with Crippen molar-refractivity contribution in [2.75, 3.05) is 19.5 Å². The van der Waals surface area contributed by atoms with Gasteiger partial charge in [-0.25, -0.2) is 4.98 Å². The van der Waals surface area contributed by atoms with Crippen LogP contribution in [0.2, 0.25) is 10.0 Å². The van der Waals surface area contributed by atoms with Crippen molar-refractivity contribution in [3.63, 3.8) is 0 Å². The van der Waals surface area contributed by atoms with Crippen LogP contribution in [0.5, 0.6) is 11.6 Å². The van der Waals surface area contributed by atoms with Crippen molar-refractivity contribution in [3.05, 3.63) is 39.5 Å². The fourth-order valence-electron chi connectivity index (χ4n) is 2.49. The van der Waals surface area contributed by atoms with Crippen LogP contribution in [0.25, 0.3) is 0 Å². The SMILES string of the molecule is COc1cc(C2CCOc3cc(Cl)cc(Cl)c32)nc(N)n1. The Balaban J connectivity index is 2.12. The Hall–Kier alpha value is -1.72. The summed E-state index contributed by atoms with van der Waals surface area (Å²) in [5.41, 5.74) is 7.36. The average molecular weight is 326 g/mol. The van der Waals surface area contributed by atoms with Crippen molar-refractivity contribution in [3.8, 4) is 11.6 Å². The second-order valence-electron chi connectivity index (χ2n) is 4.68. The number of nitrogens with two attached hydrogens (primary N) is 1. The molecular formula is C14H13Cl2N3O2. The number of nitrogen functional groups attached to an aromatic ring is 1. The summed E-state index contributed by atoms with van der Waals surface area (Å²) in [5, 5.41) is 1.09. The molecule has 0 aliphatic carbocycles. The second kappa shape index (κ2) is 5.58. The fraction of sp³-hybridized carbons (Fsp3) is 0.286. The zero-order chi connectivity index (χ0) is 15.0. The molecule has 0 saturated carbocycles. The lowest BCUT2D eigenvalue weighted by atomic mass is 9.90. The van der Waals surface area contributed by atoms with Crippen molar-refractivity contribution in [2.45, 2.75) is 12.3 Å². The number of methoxy groups -OCH3 is 1. The van der Waals surface area contributed by atoms with Gasteiger partial charge in [-0.1, -0.05) is 23.2 Å². The Bertz CT molecular complexity index is 694. The first-order valence-corrected chi connectivity index (χ1v) is 7.14. The molecule has 0 fully saturated rings. The quantitative estimate of drug-likeness (QED) is 0.917. The molecule has 1 aromatic carbocycles. The first-order valence-electron chi connectivity index (χ1n) is 6.38. The van der Waals surface area contributed by atoms with Crippen molar-refractivity contribution in [1.82, 2.24) is 9.97 Å². The van der Waals surface area contributed by atoms with E-state index in [-0.39, 0.29) is 11.9 Å². The zero-order valence-electron chi connectivity index (χ0n) is 11.3. The molecule has 1 aliphatic rings. The van der Waals surface area contributed by atoms with Crippen LogP contribution < -0.4 is 15.2 Å². The van der Waals surface area contributed by atoms with Crippen molar-refractivity contribution in [2.24, 2.45) is 0 Å². The molecule has 1 atom stereocenters. The summed E-state index contributed by atoms with van der Waals surface area (Å²) in [5.74, 6) is 1.25. The van der Waals surface area contributed by atoms with E-state index in [1.807, 2.05) is 0 Å². The topological polar surface area (TPSA) is 70.3 Å². The Labute approximate surface area is 132 Å². The molecule has 0 spiro atoms. The van der Waals surface area contributed by atoms with E-state index < -0.39 is 0 Å². The van der Waals surface area contributed by atoms with Gasteiger partial charge < -0.3 is 15.2 Å². The summed E-state index contributed by atoms with van der Waals surface area (Å²) < 4.78 is 10.8. The first-order chi connectivity index (χ1) is 10.1. The summed E-state index contributed by atoms with van der Waals surface area (Å²) in [6.45, 7) is 0.556. The number of halogens is 2. The molecule has 110 valence electrons. The predicted molar refractivity (Wildman–Crippen MR) is 81.4 cm³/mol. The third-order valence-electron chi connectivity index (χ3n) is 3.37. The van der Waals surface area contributed by atoms with Gasteiger partial charge in [0.25, 0.3) is 0 Å². The van der Waals surface area contributed by atoms with E-state index in [1.165, 1.54) is 7.11 Å². The zero-order valence-corrected chi connectivity index (χ0v) is 12.8. The predicted octanol–water partition coefficient (Wildman–Crippen LogP) is 3.29. The Morgan fingerprint density at radius 3 is 2.86 bits per heavy atom. The molecule has 3 rings (SSSR count). The molecule has 0 amide bonds. The highest BCUT2D eigenvalue weighted by molar-refractivity contribution is 6.35. The van der Waals surface area contributed by atoms with Crippen LogP contribution >= 0.6 is 23.2 Å². The number of aromatic nitrogens is 2. The van der Waals surface area contributed by atoms with Crippen LogP contribution in [0.1, 0.15) is 23.6 Å². The van der Waals surface area contributed by atoms with Crippen LogP contribution in [0.3, 0.4) is 0 Å². The first kappa shape index (κ1) is 14.2. The van der Waals surface area contributed by atoms with Gasteiger partial charge in [0.15, 0.2) is 0 Å². The van der Waals surface area contributed by atoms with Gasteiger partial charge in [0, 0.05) is 27.6 Å². The molecule has 0 radical (unpaired) electrons. The van der Waals surface area contributed by atoms with Crippen molar-refractivity contribution < 1.29 is 9.47 Å². The molecule has 21 heavy (non-hydrogen) atoms. The third-order valence-corrected chi connectivity index (χ3v) is 3.91. The lowest BCUT2D eigenvalue weighted by Gasteiger charge is -2.27. The molecular weight excluding hydrogens is 313 g/mol. The van der Waals surface area contributed by atoms with Gasteiger partial charge in [0.2, 0.25) is 11.8 Å². The van der Waals surface area contributed by atoms with Crippen molar-refractivity contribution >= 4 is 29.2 Å². The smallest absolute Gasteiger partial charge is 0.223 e. The number of nitrogens with zero attached hydrogens (tertiary/aromatic N) is 2. The number of anilines is 1. The Morgan fingerprint density at radius 1 is 1.29 bits per heavy atom. The minimum atomic E-state index is -0.0299. The largest absolute Gasteiger partial charge is 0.493 e. The molecule has 5 nitrogen and oxygen atoms in total. The summed E-state index contributed by atoms with van der Waals surface area (Å²) in [6.07, 6.45) is 0.744. The fourth-order valence-corrected chi connectivity index (χ4v) is 3.10. The van der Waals surface area contributed by atoms with Gasteiger partial charge in [-0.3, -0.25) is 0 Å². The van der Waals surface area contributed by atoms with Crippen LogP contribution in [0.4, 0.5) is 5.95 Å². The number of hydrogen-bond acceptors (Lipinski definition) is 5. The summed E-state index contributed by atoms with van der Waals surface area (Å²) in [4.78, 5) is 8.31. The third kappa shape index (κ3) is 2.71. The molecule has 2 aromatic rings. The minimum Gasteiger partial charge on any atom is -0.493 e. The van der Waals surface area contributed by atoms with Gasteiger partial charge in [-0.2, -0.15) is 4.98 Å². The molecule has 1 aromatic heterocycles. The van der Waals surface area contributed by atoms with E-state index in [0.29, 0.717) is 28.3 Å². The van der Waals surface area contributed by atoms with E-state index in [2.05, 4.69) is 9.97 Å².